The van der Waals surface area contributed by atoms with Gasteiger partial charge in [0, 0.05) is 22.1 Å². The first-order valence-electron chi connectivity index (χ1n) is 7.82. The van der Waals surface area contributed by atoms with E-state index < -0.39 is 0 Å². The number of nitrogens with zero attached hydrogens (tertiary/aromatic N) is 1. The van der Waals surface area contributed by atoms with E-state index in [2.05, 4.69) is 31.5 Å². The van der Waals surface area contributed by atoms with E-state index in [1.165, 1.54) is 11.3 Å². The van der Waals surface area contributed by atoms with E-state index in [4.69, 9.17) is 0 Å². The molecule has 3 aromatic rings. The Labute approximate surface area is 157 Å². The second-order valence-electron chi connectivity index (χ2n) is 5.46. The van der Waals surface area contributed by atoms with Crippen LogP contribution in [0.15, 0.2) is 46.9 Å². The van der Waals surface area contributed by atoms with Crippen LogP contribution in [-0.2, 0) is 4.79 Å². The SMILES string of the molecule is CCCC(=O)Nc1nc2ccc(NC(=O)c3ccc(Br)cc3)cc2s1. The Bertz CT molecular complexity index is 922. The first-order chi connectivity index (χ1) is 12.0. The standard InChI is InChI=1S/C18H16BrN3O2S/c1-2-3-16(23)22-18-21-14-9-8-13(10-15(14)25-18)20-17(24)11-4-6-12(19)7-5-11/h4-10H,2-3H2,1H3,(H,20,24)(H,21,22,23). The minimum absolute atomic E-state index is 0.0367. The van der Waals surface area contributed by atoms with Crippen LogP contribution in [0, 0.1) is 0 Å². The van der Waals surface area contributed by atoms with Gasteiger partial charge in [-0.15, -0.1) is 0 Å². The normalized spacial score (nSPS) is 10.6. The zero-order valence-corrected chi connectivity index (χ0v) is 15.9. The Kier molecular flexibility index (Phi) is 5.45. The van der Waals surface area contributed by atoms with Crippen molar-refractivity contribution in [2.24, 2.45) is 0 Å². The summed E-state index contributed by atoms with van der Waals surface area (Å²) < 4.78 is 1.83. The van der Waals surface area contributed by atoms with Crippen LogP contribution in [0.5, 0.6) is 0 Å². The van der Waals surface area contributed by atoms with Crippen LogP contribution in [0.25, 0.3) is 10.2 Å². The van der Waals surface area contributed by atoms with E-state index in [9.17, 15) is 9.59 Å². The van der Waals surface area contributed by atoms with Crippen molar-refractivity contribution in [2.45, 2.75) is 19.8 Å². The first-order valence-corrected chi connectivity index (χ1v) is 9.43. The molecule has 0 aliphatic carbocycles. The summed E-state index contributed by atoms with van der Waals surface area (Å²) in [6.45, 7) is 1.96. The van der Waals surface area contributed by atoms with Crippen molar-refractivity contribution in [3.05, 3.63) is 52.5 Å². The van der Waals surface area contributed by atoms with Crippen LogP contribution in [-0.4, -0.2) is 16.8 Å². The van der Waals surface area contributed by atoms with Crippen molar-refractivity contribution >= 4 is 60.1 Å². The highest BCUT2D eigenvalue weighted by Gasteiger charge is 2.10. The molecule has 1 heterocycles. The molecule has 0 atom stereocenters. The lowest BCUT2D eigenvalue weighted by molar-refractivity contribution is -0.116. The second kappa shape index (κ2) is 7.76. The fraction of sp³-hybridized carbons (Fsp3) is 0.167. The topological polar surface area (TPSA) is 71.1 Å². The van der Waals surface area contributed by atoms with Crippen molar-refractivity contribution < 1.29 is 9.59 Å². The highest BCUT2D eigenvalue weighted by molar-refractivity contribution is 9.10. The molecule has 5 nitrogen and oxygen atoms in total. The van der Waals surface area contributed by atoms with Gasteiger partial charge in [0.05, 0.1) is 10.2 Å². The van der Waals surface area contributed by atoms with Crippen LogP contribution in [0.1, 0.15) is 30.1 Å². The highest BCUT2D eigenvalue weighted by atomic mass is 79.9. The molecule has 2 N–H and O–H groups in total. The molecule has 0 saturated heterocycles. The van der Waals surface area contributed by atoms with Gasteiger partial charge in [0.1, 0.15) is 0 Å². The number of hydrogen-bond donors (Lipinski definition) is 2. The molecule has 3 rings (SSSR count). The molecule has 25 heavy (non-hydrogen) atoms. The fourth-order valence-corrected chi connectivity index (χ4v) is 3.45. The largest absolute Gasteiger partial charge is 0.322 e. The number of aromatic nitrogens is 1. The first kappa shape index (κ1) is 17.6. The lowest BCUT2D eigenvalue weighted by Crippen LogP contribution is -2.11. The molecular weight excluding hydrogens is 402 g/mol. The summed E-state index contributed by atoms with van der Waals surface area (Å²) in [7, 11) is 0. The Morgan fingerprint density at radius 3 is 2.60 bits per heavy atom. The predicted molar refractivity (Wildman–Crippen MR) is 105 cm³/mol. The number of carbonyl (C=O) groups excluding carboxylic acids is 2. The number of hydrogen-bond acceptors (Lipinski definition) is 4. The molecule has 128 valence electrons. The molecule has 0 spiro atoms. The summed E-state index contributed by atoms with van der Waals surface area (Å²) in [5.74, 6) is -0.210. The molecule has 0 fully saturated rings. The number of thiazole rings is 1. The van der Waals surface area contributed by atoms with Gasteiger partial charge in [0.25, 0.3) is 5.91 Å². The maximum Gasteiger partial charge on any atom is 0.255 e. The molecule has 0 aliphatic rings. The van der Waals surface area contributed by atoms with Gasteiger partial charge in [-0.05, 0) is 48.9 Å². The van der Waals surface area contributed by atoms with Crippen LogP contribution >= 0.6 is 27.3 Å². The Hall–Kier alpha value is -2.25. The second-order valence-corrected chi connectivity index (χ2v) is 7.41. The Morgan fingerprint density at radius 2 is 1.88 bits per heavy atom. The maximum absolute atomic E-state index is 12.3. The summed E-state index contributed by atoms with van der Waals surface area (Å²) in [5, 5.41) is 6.25. The molecule has 2 aromatic carbocycles. The number of fused-ring (bicyclic) bond motifs is 1. The number of halogens is 1. The number of amides is 2. The molecule has 0 saturated carbocycles. The van der Waals surface area contributed by atoms with Gasteiger partial charge in [-0.25, -0.2) is 4.98 Å². The van der Waals surface area contributed by atoms with Crippen molar-refractivity contribution in [1.29, 1.82) is 0 Å². The van der Waals surface area contributed by atoms with Crippen LogP contribution < -0.4 is 10.6 Å². The lowest BCUT2D eigenvalue weighted by atomic mass is 10.2. The summed E-state index contributed by atoms with van der Waals surface area (Å²) in [6, 6.07) is 12.7. The van der Waals surface area contributed by atoms with Gasteiger partial charge < -0.3 is 10.6 Å². The number of rotatable bonds is 5. The van der Waals surface area contributed by atoms with Gasteiger partial charge in [0.15, 0.2) is 5.13 Å². The van der Waals surface area contributed by atoms with E-state index in [-0.39, 0.29) is 11.8 Å². The molecule has 7 heteroatoms. The van der Waals surface area contributed by atoms with Crippen LogP contribution in [0.3, 0.4) is 0 Å². The molecule has 0 aliphatic heterocycles. The third-order valence-electron chi connectivity index (χ3n) is 3.48. The molecule has 0 unspecified atom stereocenters. The number of carbonyl (C=O) groups is 2. The van der Waals surface area contributed by atoms with E-state index >= 15 is 0 Å². The Balaban J connectivity index is 1.75. The summed E-state index contributed by atoms with van der Waals surface area (Å²) in [6.07, 6.45) is 1.27. The fourth-order valence-electron chi connectivity index (χ4n) is 2.27. The number of anilines is 2. The van der Waals surface area contributed by atoms with Crippen LogP contribution in [0.4, 0.5) is 10.8 Å². The van der Waals surface area contributed by atoms with E-state index in [0.717, 1.165) is 21.1 Å². The minimum atomic E-state index is -0.173. The smallest absolute Gasteiger partial charge is 0.255 e. The minimum Gasteiger partial charge on any atom is -0.322 e. The van der Waals surface area contributed by atoms with Gasteiger partial charge in [0.2, 0.25) is 5.91 Å². The molecule has 1 aromatic heterocycles. The zero-order chi connectivity index (χ0) is 17.8. The molecular formula is C18H16BrN3O2S. The van der Waals surface area contributed by atoms with Gasteiger partial charge in [-0.3, -0.25) is 9.59 Å². The summed E-state index contributed by atoms with van der Waals surface area (Å²) in [5.41, 5.74) is 2.06. The van der Waals surface area contributed by atoms with Gasteiger partial charge >= 0.3 is 0 Å². The zero-order valence-electron chi connectivity index (χ0n) is 13.5. The summed E-state index contributed by atoms with van der Waals surface area (Å²) >= 11 is 4.74. The van der Waals surface area contributed by atoms with Crippen molar-refractivity contribution in [3.8, 4) is 0 Å². The average molecular weight is 418 g/mol. The van der Waals surface area contributed by atoms with Crippen molar-refractivity contribution in [1.82, 2.24) is 4.98 Å². The number of benzene rings is 2. The third kappa shape index (κ3) is 4.43. The highest BCUT2D eigenvalue weighted by Crippen LogP contribution is 2.28. The number of nitrogens with one attached hydrogen (secondary N) is 2. The molecule has 2 amide bonds. The van der Waals surface area contributed by atoms with Crippen molar-refractivity contribution in [2.75, 3.05) is 10.6 Å². The van der Waals surface area contributed by atoms with Gasteiger partial charge in [-0.1, -0.05) is 34.2 Å². The monoisotopic (exact) mass is 417 g/mol. The van der Waals surface area contributed by atoms with Crippen molar-refractivity contribution in [3.63, 3.8) is 0 Å². The lowest BCUT2D eigenvalue weighted by Gasteiger charge is -2.05. The quantitative estimate of drug-likeness (QED) is 0.609. The molecule has 0 radical (unpaired) electrons. The van der Waals surface area contributed by atoms with E-state index in [0.29, 0.717) is 22.8 Å². The average Bonchev–Trinajstić information content (AvgIpc) is 2.97. The Morgan fingerprint density at radius 1 is 1.12 bits per heavy atom. The summed E-state index contributed by atoms with van der Waals surface area (Å²) in [4.78, 5) is 28.4. The third-order valence-corrected chi connectivity index (χ3v) is 4.94. The molecule has 0 bridgehead atoms. The van der Waals surface area contributed by atoms with Crippen LogP contribution in [0.2, 0.25) is 0 Å². The van der Waals surface area contributed by atoms with E-state index in [1.54, 1.807) is 18.2 Å². The van der Waals surface area contributed by atoms with Gasteiger partial charge in [-0.2, -0.15) is 0 Å². The van der Waals surface area contributed by atoms with E-state index in [1.807, 2.05) is 31.2 Å². The predicted octanol–water partition coefficient (Wildman–Crippen LogP) is 5.05. The maximum atomic E-state index is 12.3.